The van der Waals surface area contributed by atoms with Crippen molar-refractivity contribution in [3.05, 3.63) is 59.7 Å². The number of nitrogens with zero attached hydrogens (tertiary/aromatic N) is 2. The number of fused-ring (bicyclic) bond motifs is 7. The zero-order valence-corrected chi connectivity index (χ0v) is 16.8. The summed E-state index contributed by atoms with van der Waals surface area (Å²) in [5, 5.41) is 3.03. The summed E-state index contributed by atoms with van der Waals surface area (Å²) in [6, 6.07) is 15.0. The van der Waals surface area contributed by atoms with Crippen molar-refractivity contribution >= 4 is 29.1 Å². The molecule has 30 heavy (non-hydrogen) atoms. The highest BCUT2D eigenvalue weighted by atomic mass is 16.2. The van der Waals surface area contributed by atoms with Crippen molar-refractivity contribution in [2.75, 3.05) is 16.8 Å². The van der Waals surface area contributed by atoms with Gasteiger partial charge in [0.15, 0.2) is 0 Å². The van der Waals surface area contributed by atoms with Gasteiger partial charge in [0.1, 0.15) is 5.54 Å². The van der Waals surface area contributed by atoms with Crippen molar-refractivity contribution in [1.29, 1.82) is 0 Å². The summed E-state index contributed by atoms with van der Waals surface area (Å²) in [6.45, 7) is 2.81. The molecular weight excluding hydrogens is 378 g/mol. The van der Waals surface area contributed by atoms with Crippen LogP contribution in [-0.4, -0.2) is 35.2 Å². The normalized spacial score (nSPS) is 32.0. The Bertz CT molecular complexity index is 1100. The molecule has 4 aliphatic rings. The number of aryl methyl sites for hydroxylation is 1. The van der Waals surface area contributed by atoms with E-state index in [1.807, 2.05) is 30.3 Å². The number of rotatable bonds is 2. The van der Waals surface area contributed by atoms with Crippen LogP contribution in [0.15, 0.2) is 48.5 Å². The van der Waals surface area contributed by atoms with Gasteiger partial charge in [0, 0.05) is 17.3 Å². The number of hydrogen-bond donors (Lipinski definition) is 1. The molecule has 4 atom stereocenters. The predicted octanol–water partition coefficient (Wildman–Crippen LogP) is 2.68. The maximum Gasteiger partial charge on any atom is 0.250 e. The molecule has 4 heterocycles. The van der Waals surface area contributed by atoms with Gasteiger partial charge < -0.3 is 5.32 Å². The van der Waals surface area contributed by atoms with E-state index < -0.39 is 17.4 Å². The number of carbonyl (C=O) groups is 3. The van der Waals surface area contributed by atoms with E-state index in [1.54, 1.807) is 12.1 Å². The average molecular weight is 401 g/mol. The molecule has 3 fully saturated rings. The van der Waals surface area contributed by atoms with Gasteiger partial charge >= 0.3 is 0 Å². The number of hydrogen-bond acceptors (Lipinski definition) is 4. The second kappa shape index (κ2) is 6.01. The first kappa shape index (κ1) is 17.8. The molecule has 1 spiro atoms. The van der Waals surface area contributed by atoms with Crippen LogP contribution >= 0.6 is 0 Å². The van der Waals surface area contributed by atoms with Crippen LogP contribution in [0.25, 0.3) is 0 Å². The van der Waals surface area contributed by atoms with Gasteiger partial charge in [-0.3, -0.25) is 19.3 Å². The molecule has 3 saturated heterocycles. The van der Waals surface area contributed by atoms with Gasteiger partial charge in [0.25, 0.3) is 0 Å². The summed E-state index contributed by atoms with van der Waals surface area (Å²) in [5.74, 6) is -1.76. The van der Waals surface area contributed by atoms with Gasteiger partial charge in [-0.2, -0.15) is 0 Å². The Balaban J connectivity index is 1.57. The van der Waals surface area contributed by atoms with Gasteiger partial charge in [-0.05, 0) is 49.6 Å². The minimum atomic E-state index is -1.09. The molecule has 1 N–H and O–H groups in total. The summed E-state index contributed by atoms with van der Waals surface area (Å²) in [6.07, 6.45) is 2.61. The molecule has 0 saturated carbocycles. The van der Waals surface area contributed by atoms with E-state index in [-0.39, 0.29) is 23.8 Å². The van der Waals surface area contributed by atoms with E-state index in [1.165, 1.54) is 4.90 Å². The molecule has 6 rings (SSSR count). The van der Waals surface area contributed by atoms with Crippen LogP contribution < -0.4 is 10.2 Å². The highest BCUT2D eigenvalue weighted by Gasteiger charge is 2.74. The van der Waals surface area contributed by atoms with Gasteiger partial charge in [0.2, 0.25) is 17.7 Å². The second-order valence-electron chi connectivity index (χ2n) is 8.71. The Morgan fingerprint density at radius 2 is 1.87 bits per heavy atom. The topological polar surface area (TPSA) is 69.7 Å². The first-order valence-electron chi connectivity index (χ1n) is 10.7. The van der Waals surface area contributed by atoms with Crippen LogP contribution in [0.1, 0.15) is 30.9 Å². The molecule has 152 valence electrons. The lowest BCUT2D eigenvalue weighted by Crippen LogP contribution is -2.54. The largest absolute Gasteiger partial charge is 0.324 e. The van der Waals surface area contributed by atoms with Crippen LogP contribution in [0.2, 0.25) is 0 Å². The van der Waals surface area contributed by atoms with Crippen LogP contribution in [0.5, 0.6) is 0 Å². The first-order chi connectivity index (χ1) is 14.6. The number of nitrogens with one attached hydrogen (secondary N) is 1. The number of anilines is 2. The number of carbonyl (C=O) groups excluding carboxylic acids is 3. The van der Waals surface area contributed by atoms with Crippen molar-refractivity contribution in [1.82, 2.24) is 4.90 Å². The zero-order chi connectivity index (χ0) is 20.6. The van der Waals surface area contributed by atoms with E-state index in [9.17, 15) is 14.4 Å². The van der Waals surface area contributed by atoms with E-state index in [2.05, 4.69) is 23.2 Å². The van der Waals surface area contributed by atoms with Crippen LogP contribution in [0, 0.1) is 11.8 Å². The molecule has 3 amide bonds. The number of imide groups is 1. The van der Waals surface area contributed by atoms with E-state index in [0.717, 1.165) is 42.6 Å². The monoisotopic (exact) mass is 401 g/mol. The molecular formula is C24H23N3O3. The summed E-state index contributed by atoms with van der Waals surface area (Å²) in [4.78, 5) is 44.5. The molecule has 0 aliphatic carbocycles. The highest BCUT2D eigenvalue weighted by molar-refractivity contribution is 6.25. The predicted molar refractivity (Wildman–Crippen MR) is 112 cm³/mol. The van der Waals surface area contributed by atoms with Crippen molar-refractivity contribution in [2.45, 2.75) is 37.8 Å². The fourth-order valence-electron chi connectivity index (χ4n) is 6.30. The first-order valence-corrected chi connectivity index (χ1v) is 10.7. The molecule has 0 aromatic heterocycles. The Kier molecular flexibility index (Phi) is 3.58. The van der Waals surface area contributed by atoms with Gasteiger partial charge in [0.05, 0.1) is 17.5 Å². The Morgan fingerprint density at radius 1 is 1.07 bits per heavy atom. The fraction of sp³-hybridized carbons (Fsp3) is 0.375. The maximum atomic E-state index is 13.8. The molecule has 4 aliphatic heterocycles. The third kappa shape index (κ3) is 1.95. The molecule has 2 aromatic rings. The van der Waals surface area contributed by atoms with Crippen LogP contribution in [0.3, 0.4) is 0 Å². The third-order valence-corrected chi connectivity index (χ3v) is 7.48. The summed E-state index contributed by atoms with van der Waals surface area (Å²) in [5.41, 5.74) is 2.25. The smallest absolute Gasteiger partial charge is 0.250 e. The highest BCUT2D eigenvalue weighted by Crippen LogP contribution is 2.60. The Morgan fingerprint density at radius 3 is 2.63 bits per heavy atom. The van der Waals surface area contributed by atoms with E-state index >= 15 is 0 Å². The quantitative estimate of drug-likeness (QED) is 0.786. The van der Waals surface area contributed by atoms with Crippen molar-refractivity contribution in [3.8, 4) is 0 Å². The molecule has 0 unspecified atom stereocenters. The van der Waals surface area contributed by atoms with Crippen molar-refractivity contribution < 1.29 is 14.4 Å². The standard InChI is InChI=1S/C24H23N3O3/c1-2-14-10-11-17-16(13-14)24(23(30)25-17)20-19(18-9-6-12-26(18)24)21(28)27(22(20)29)15-7-4-3-5-8-15/h3-5,7-8,10-11,13,18-20H,2,6,9,12H2,1H3,(H,25,30)/t18-,19+,20+,24-/m1/s1. The lowest BCUT2D eigenvalue weighted by molar-refractivity contribution is -0.135. The third-order valence-electron chi connectivity index (χ3n) is 7.48. The van der Waals surface area contributed by atoms with E-state index in [4.69, 9.17) is 0 Å². The lowest BCUT2D eigenvalue weighted by atomic mass is 9.75. The van der Waals surface area contributed by atoms with Gasteiger partial charge in [-0.25, -0.2) is 4.90 Å². The van der Waals surface area contributed by atoms with Crippen LogP contribution in [0.4, 0.5) is 11.4 Å². The molecule has 6 heteroatoms. The number of para-hydroxylation sites is 1. The Labute approximate surface area is 174 Å². The molecule has 2 aromatic carbocycles. The summed E-state index contributed by atoms with van der Waals surface area (Å²) >= 11 is 0. The summed E-state index contributed by atoms with van der Waals surface area (Å²) in [7, 11) is 0. The minimum Gasteiger partial charge on any atom is -0.324 e. The average Bonchev–Trinajstić information content (AvgIpc) is 3.46. The number of benzene rings is 2. The fourth-order valence-corrected chi connectivity index (χ4v) is 6.30. The molecule has 0 radical (unpaired) electrons. The second-order valence-corrected chi connectivity index (χ2v) is 8.71. The van der Waals surface area contributed by atoms with E-state index in [0.29, 0.717) is 5.69 Å². The zero-order valence-electron chi connectivity index (χ0n) is 16.8. The minimum absolute atomic E-state index is 0.0813. The van der Waals surface area contributed by atoms with Crippen molar-refractivity contribution in [3.63, 3.8) is 0 Å². The van der Waals surface area contributed by atoms with Crippen molar-refractivity contribution in [2.24, 2.45) is 11.8 Å². The maximum absolute atomic E-state index is 13.8. The molecule has 0 bridgehead atoms. The Hall–Kier alpha value is -2.99. The lowest BCUT2D eigenvalue weighted by Gasteiger charge is -2.36. The SMILES string of the molecule is CCc1ccc2c(c1)[C@]1(C(=O)N2)[C@@H]2C(=O)N(c3ccccc3)C(=O)[C@H]2[C@H]2CCCN21. The summed E-state index contributed by atoms with van der Waals surface area (Å²) < 4.78 is 0. The van der Waals surface area contributed by atoms with Gasteiger partial charge in [-0.15, -0.1) is 0 Å². The van der Waals surface area contributed by atoms with Gasteiger partial charge in [-0.1, -0.05) is 37.3 Å². The number of amides is 3. The molecule has 6 nitrogen and oxygen atoms in total. The van der Waals surface area contributed by atoms with Crippen LogP contribution in [-0.2, 0) is 26.3 Å².